The Morgan fingerprint density at radius 2 is 1.79 bits per heavy atom. The van der Waals surface area contributed by atoms with Crippen molar-refractivity contribution >= 4 is 21.6 Å². The van der Waals surface area contributed by atoms with E-state index in [4.69, 9.17) is 5.73 Å². The average Bonchev–Trinajstić information content (AvgIpc) is 2.88. The second-order valence-electron chi connectivity index (χ2n) is 6.17. The van der Waals surface area contributed by atoms with Crippen molar-refractivity contribution in [3.63, 3.8) is 0 Å². The standard InChI is InChI=1S/C16H23BrN2/c17-14-4-3-13(12-18)15(11-14)19-9-7-16(8-10-19)5-1-2-6-16/h3-4,11H,1-2,5-10,12,18H2. The highest BCUT2D eigenvalue weighted by Crippen LogP contribution is 2.47. The molecule has 0 bridgehead atoms. The third-order valence-electron chi connectivity index (χ3n) is 5.10. The lowest BCUT2D eigenvalue weighted by atomic mass is 9.77. The van der Waals surface area contributed by atoms with Gasteiger partial charge in [-0.05, 0) is 48.8 Å². The summed E-state index contributed by atoms with van der Waals surface area (Å²) in [6.45, 7) is 3.02. The lowest BCUT2D eigenvalue weighted by molar-refractivity contribution is 0.226. The fraction of sp³-hybridized carbons (Fsp3) is 0.625. The molecule has 1 aromatic rings. The highest BCUT2D eigenvalue weighted by molar-refractivity contribution is 9.10. The summed E-state index contributed by atoms with van der Waals surface area (Å²) in [6.07, 6.45) is 8.55. The zero-order valence-electron chi connectivity index (χ0n) is 11.5. The SMILES string of the molecule is NCc1ccc(Br)cc1N1CCC2(CCCC2)CC1. The van der Waals surface area contributed by atoms with Crippen molar-refractivity contribution in [2.24, 2.45) is 11.1 Å². The predicted molar refractivity (Wildman–Crippen MR) is 84.4 cm³/mol. The van der Waals surface area contributed by atoms with Crippen molar-refractivity contribution in [2.75, 3.05) is 18.0 Å². The molecule has 3 heteroatoms. The van der Waals surface area contributed by atoms with E-state index in [1.165, 1.54) is 62.9 Å². The zero-order chi connectivity index (χ0) is 13.3. The third kappa shape index (κ3) is 2.68. The maximum atomic E-state index is 5.88. The van der Waals surface area contributed by atoms with Gasteiger partial charge in [-0.25, -0.2) is 0 Å². The molecule has 1 saturated heterocycles. The van der Waals surface area contributed by atoms with Crippen LogP contribution in [-0.4, -0.2) is 13.1 Å². The van der Waals surface area contributed by atoms with Crippen LogP contribution in [0.25, 0.3) is 0 Å². The highest BCUT2D eigenvalue weighted by atomic mass is 79.9. The van der Waals surface area contributed by atoms with E-state index in [1.807, 2.05) is 0 Å². The predicted octanol–water partition coefficient (Wildman–Crippen LogP) is 4.07. The van der Waals surface area contributed by atoms with Crippen LogP contribution in [0, 0.1) is 5.41 Å². The van der Waals surface area contributed by atoms with Gasteiger partial charge in [0.1, 0.15) is 0 Å². The van der Waals surface area contributed by atoms with Crippen LogP contribution in [0.2, 0.25) is 0 Å². The summed E-state index contributed by atoms with van der Waals surface area (Å²) in [4.78, 5) is 2.54. The molecule has 0 unspecified atom stereocenters. The molecule has 2 fully saturated rings. The molecule has 1 aromatic carbocycles. The quantitative estimate of drug-likeness (QED) is 0.889. The van der Waals surface area contributed by atoms with E-state index >= 15 is 0 Å². The molecule has 1 spiro atoms. The van der Waals surface area contributed by atoms with E-state index in [0.717, 1.165) is 4.47 Å². The molecule has 1 aliphatic carbocycles. The van der Waals surface area contributed by atoms with Gasteiger partial charge in [0.25, 0.3) is 0 Å². The van der Waals surface area contributed by atoms with Crippen LogP contribution in [0.1, 0.15) is 44.1 Å². The summed E-state index contributed by atoms with van der Waals surface area (Å²) >= 11 is 3.58. The number of hydrogen-bond donors (Lipinski definition) is 1. The Labute approximate surface area is 124 Å². The number of benzene rings is 1. The Balaban J connectivity index is 1.76. The van der Waals surface area contributed by atoms with Gasteiger partial charge in [0.15, 0.2) is 0 Å². The minimum absolute atomic E-state index is 0.629. The van der Waals surface area contributed by atoms with Gasteiger partial charge in [-0.3, -0.25) is 0 Å². The monoisotopic (exact) mass is 322 g/mol. The average molecular weight is 323 g/mol. The molecule has 2 nitrogen and oxygen atoms in total. The molecule has 1 aliphatic heterocycles. The number of rotatable bonds is 2. The molecular formula is C16H23BrN2. The van der Waals surface area contributed by atoms with Crippen LogP contribution >= 0.6 is 15.9 Å². The van der Waals surface area contributed by atoms with Crippen LogP contribution in [0.5, 0.6) is 0 Å². The summed E-state index contributed by atoms with van der Waals surface area (Å²) in [6, 6.07) is 6.47. The van der Waals surface area contributed by atoms with Crippen molar-refractivity contribution in [1.82, 2.24) is 0 Å². The minimum atomic E-state index is 0.629. The number of halogens is 1. The van der Waals surface area contributed by atoms with Crippen molar-refractivity contribution in [1.29, 1.82) is 0 Å². The van der Waals surface area contributed by atoms with Gasteiger partial charge >= 0.3 is 0 Å². The first-order valence-electron chi connectivity index (χ1n) is 7.46. The number of piperidine rings is 1. The molecular weight excluding hydrogens is 300 g/mol. The second-order valence-corrected chi connectivity index (χ2v) is 7.09. The van der Waals surface area contributed by atoms with E-state index in [9.17, 15) is 0 Å². The van der Waals surface area contributed by atoms with Gasteiger partial charge in [-0.1, -0.05) is 34.8 Å². The molecule has 0 aromatic heterocycles. The number of hydrogen-bond acceptors (Lipinski definition) is 2. The van der Waals surface area contributed by atoms with Crippen molar-refractivity contribution < 1.29 is 0 Å². The van der Waals surface area contributed by atoms with Crippen LogP contribution in [0.3, 0.4) is 0 Å². The second kappa shape index (κ2) is 5.45. The number of nitrogens with zero attached hydrogens (tertiary/aromatic N) is 1. The van der Waals surface area contributed by atoms with Crippen molar-refractivity contribution in [2.45, 2.75) is 45.1 Å². The lowest BCUT2D eigenvalue weighted by Crippen LogP contribution is -2.39. The Kier molecular flexibility index (Phi) is 3.86. The molecule has 1 heterocycles. The summed E-state index contributed by atoms with van der Waals surface area (Å²) < 4.78 is 1.15. The molecule has 19 heavy (non-hydrogen) atoms. The van der Waals surface area contributed by atoms with E-state index in [-0.39, 0.29) is 0 Å². The Bertz CT molecular complexity index is 442. The van der Waals surface area contributed by atoms with Crippen LogP contribution in [0.4, 0.5) is 5.69 Å². The van der Waals surface area contributed by atoms with Crippen LogP contribution in [0.15, 0.2) is 22.7 Å². The van der Waals surface area contributed by atoms with Crippen LogP contribution in [-0.2, 0) is 6.54 Å². The first kappa shape index (κ1) is 13.4. The topological polar surface area (TPSA) is 29.3 Å². The van der Waals surface area contributed by atoms with Gasteiger partial charge in [0.05, 0.1) is 0 Å². The highest BCUT2D eigenvalue weighted by Gasteiger charge is 2.37. The van der Waals surface area contributed by atoms with E-state index in [1.54, 1.807) is 0 Å². The summed E-state index contributed by atoms with van der Waals surface area (Å²) in [5, 5.41) is 0. The van der Waals surface area contributed by atoms with E-state index < -0.39 is 0 Å². The van der Waals surface area contributed by atoms with Gasteiger partial charge < -0.3 is 10.6 Å². The Morgan fingerprint density at radius 3 is 2.42 bits per heavy atom. The van der Waals surface area contributed by atoms with Crippen molar-refractivity contribution in [3.05, 3.63) is 28.2 Å². The summed E-state index contributed by atoms with van der Waals surface area (Å²) in [7, 11) is 0. The first-order chi connectivity index (χ1) is 9.22. The largest absolute Gasteiger partial charge is 0.371 e. The molecule has 0 amide bonds. The number of nitrogens with two attached hydrogens (primary N) is 1. The lowest BCUT2D eigenvalue weighted by Gasteiger charge is -2.41. The van der Waals surface area contributed by atoms with E-state index in [0.29, 0.717) is 12.0 Å². The van der Waals surface area contributed by atoms with Gasteiger partial charge in [-0.2, -0.15) is 0 Å². The smallest absolute Gasteiger partial charge is 0.0423 e. The molecule has 104 valence electrons. The fourth-order valence-corrected chi connectivity index (χ4v) is 4.20. The maximum absolute atomic E-state index is 5.88. The van der Waals surface area contributed by atoms with Crippen LogP contribution < -0.4 is 10.6 Å². The Hall–Kier alpha value is -0.540. The normalized spacial score (nSPS) is 22.1. The summed E-state index contributed by atoms with van der Waals surface area (Å²) in [5.41, 5.74) is 9.17. The van der Waals surface area contributed by atoms with Gasteiger partial charge in [0.2, 0.25) is 0 Å². The molecule has 3 rings (SSSR count). The molecule has 2 N–H and O–H groups in total. The van der Waals surface area contributed by atoms with E-state index in [2.05, 4.69) is 39.0 Å². The fourth-order valence-electron chi connectivity index (χ4n) is 3.85. The van der Waals surface area contributed by atoms with Crippen molar-refractivity contribution in [3.8, 4) is 0 Å². The molecule has 0 atom stereocenters. The molecule has 0 radical (unpaired) electrons. The third-order valence-corrected chi connectivity index (χ3v) is 5.59. The minimum Gasteiger partial charge on any atom is -0.371 e. The molecule has 2 aliphatic rings. The Morgan fingerprint density at radius 1 is 1.11 bits per heavy atom. The zero-order valence-corrected chi connectivity index (χ0v) is 13.1. The summed E-state index contributed by atoms with van der Waals surface area (Å²) in [5.74, 6) is 0. The molecule has 1 saturated carbocycles. The number of anilines is 1. The van der Waals surface area contributed by atoms with Gasteiger partial charge in [0, 0.05) is 29.8 Å². The first-order valence-corrected chi connectivity index (χ1v) is 8.25. The maximum Gasteiger partial charge on any atom is 0.0423 e. The van der Waals surface area contributed by atoms with Gasteiger partial charge in [-0.15, -0.1) is 0 Å².